The summed E-state index contributed by atoms with van der Waals surface area (Å²) in [7, 11) is 0. The van der Waals surface area contributed by atoms with Crippen LogP contribution < -0.4 is 14.8 Å². The average molecular weight is 391 g/mol. The summed E-state index contributed by atoms with van der Waals surface area (Å²) in [6.07, 6.45) is 1.56. The highest BCUT2D eigenvalue weighted by molar-refractivity contribution is 9.11. The molecule has 0 radical (unpaired) electrons. The van der Waals surface area contributed by atoms with Crippen LogP contribution in [-0.4, -0.2) is 19.1 Å². The number of anilines is 1. The molecule has 2 aromatic rings. The first-order chi connectivity index (χ1) is 11.2. The van der Waals surface area contributed by atoms with Gasteiger partial charge in [0.15, 0.2) is 11.5 Å². The molecule has 0 aliphatic carbocycles. The predicted octanol–water partition coefficient (Wildman–Crippen LogP) is 3.83. The van der Waals surface area contributed by atoms with Crippen molar-refractivity contribution in [1.82, 2.24) is 0 Å². The first kappa shape index (κ1) is 15.6. The Hall–Kier alpha value is -2.30. The number of halogens is 1. The molecule has 1 aromatic heterocycles. The first-order valence-electron chi connectivity index (χ1n) is 6.74. The maximum atomic E-state index is 12.2. The van der Waals surface area contributed by atoms with Crippen molar-refractivity contribution >= 4 is 44.9 Å². The number of hydrogen-bond acceptors (Lipinski definition) is 5. The Morgan fingerprint density at radius 2 is 2.04 bits per heavy atom. The number of nitriles is 1. The molecular weight excluding hydrogens is 380 g/mol. The van der Waals surface area contributed by atoms with Crippen molar-refractivity contribution < 1.29 is 14.3 Å². The topological polar surface area (TPSA) is 71.4 Å². The molecule has 1 amide bonds. The highest BCUT2D eigenvalue weighted by Crippen LogP contribution is 2.32. The largest absolute Gasteiger partial charge is 0.486 e. The van der Waals surface area contributed by atoms with Gasteiger partial charge in [0.2, 0.25) is 0 Å². The number of carbonyl (C=O) groups excluding carboxylic acids is 1. The lowest BCUT2D eigenvalue weighted by molar-refractivity contribution is -0.112. The van der Waals surface area contributed by atoms with Gasteiger partial charge in [-0.1, -0.05) is 0 Å². The Morgan fingerprint density at radius 3 is 2.74 bits per heavy atom. The van der Waals surface area contributed by atoms with Gasteiger partial charge < -0.3 is 14.8 Å². The Morgan fingerprint density at radius 1 is 1.26 bits per heavy atom. The molecule has 0 saturated carbocycles. The van der Waals surface area contributed by atoms with Crippen LogP contribution in [0.4, 0.5) is 5.69 Å². The molecule has 0 fully saturated rings. The smallest absolute Gasteiger partial charge is 0.266 e. The molecule has 1 aliphatic rings. The van der Waals surface area contributed by atoms with Gasteiger partial charge in [-0.2, -0.15) is 5.26 Å². The zero-order valence-electron chi connectivity index (χ0n) is 11.8. The molecule has 116 valence electrons. The van der Waals surface area contributed by atoms with E-state index in [1.165, 1.54) is 11.3 Å². The summed E-state index contributed by atoms with van der Waals surface area (Å²) < 4.78 is 11.8. The molecule has 5 nitrogen and oxygen atoms in total. The summed E-state index contributed by atoms with van der Waals surface area (Å²) >= 11 is 4.80. The predicted molar refractivity (Wildman–Crippen MR) is 91.7 cm³/mol. The molecule has 7 heteroatoms. The lowest BCUT2D eigenvalue weighted by atomic mass is 10.2. The van der Waals surface area contributed by atoms with Crippen molar-refractivity contribution in [3.8, 4) is 17.6 Å². The van der Waals surface area contributed by atoms with E-state index < -0.39 is 5.91 Å². The number of ether oxygens (including phenoxy) is 2. The summed E-state index contributed by atoms with van der Waals surface area (Å²) in [5.41, 5.74) is 0.585. The van der Waals surface area contributed by atoms with Crippen LogP contribution in [0.2, 0.25) is 0 Å². The maximum Gasteiger partial charge on any atom is 0.266 e. The number of nitrogens with zero attached hydrogens (tertiary/aromatic N) is 1. The van der Waals surface area contributed by atoms with Crippen molar-refractivity contribution in [3.63, 3.8) is 0 Å². The second-order valence-electron chi connectivity index (χ2n) is 4.62. The van der Waals surface area contributed by atoms with Crippen LogP contribution in [0.25, 0.3) is 6.08 Å². The van der Waals surface area contributed by atoms with Gasteiger partial charge in [-0.3, -0.25) is 4.79 Å². The third-order valence-corrected chi connectivity index (χ3v) is 4.62. The van der Waals surface area contributed by atoms with Crippen LogP contribution >= 0.6 is 27.3 Å². The molecule has 0 unspecified atom stereocenters. The van der Waals surface area contributed by atoms with Gasteiger partial charge in [-0.05, 0) is 46.3 Å². The second-order valence-corrected chi connectivity index (χ2v) is 7.12. The van der Waals surface area contributed by atoms with Gasteiger partial charge in [0.05, 0.1) is 3.79 Å². The number of amides is 1. The van der Waals surface area contributed by atoms with Crippen LogP contribution in [0.1, 0.15) is 4.88 Å². The molecule has 0 saturated heterocycles. The van der Waals surface area contributed by atoms with Crippen LogP contribution in [0.15, 0.2) is 39.7 Å². The third kappa shape index (κ3) is 3.73. The fraction of sp³-hybridized carbons (Fsp3) is 0.125. The zero-order valence-corrected chi connectivity index (χ0v) is 14.2. The fourth-order valence-corrected chi connectivity index (χ4v) is 3.38. The molecule has 23 heavy (non-hydrogen) atoms. The van der Waals surface area contributed by atoms with Crippen molar-refractivity contribution in [2.45, 2.75) is 0 Å². The van der Waals surface area contributed by atoms with E-state index in [9.17, 15) is 10.1 Å². The van der Waals surface area contributed by atoms with Crippen molar-refractivity contribution in [1.29, 1.82) is 5.26 Å². The monoisotopic (exact) mass is 390 g/mol. The molecule has 0 atom stereocenters. The third-order valence-electron chi connectivity index (χ3n) is 3.05. The van der Waals surface area contributed by atoms with Gasteiger partial charge in [0.1, 0.15) is 24.9 Å². The first-order valence-corrected chi connectivity index (χ1v) is 8.35. The molecule has 1 N–H and O–H groups in total. The average Bonchev–Trinajstić information content (AvgIpc) is 2.97. The summed E-state index contributed by atoms with van der Waals surface area (Å²) in [4.78, 5) is 13.1. The van der Waals surface area contributed by atoms with Gasteiger partial charge >= 0.3 is 0 Å². The number of benzene rings is 1. The maximum absolute atomic E-state index is 12.2. The van der Waals surface area contributed by atoms with Crippen molar-refractivity contribution in [2.24, 2.45) is 0 Å². The normalized spacial score (nSPS) is 13.3. The number of hydrogen-bond donors (Lipinski definition) is 1. The van der Waals surface area contributed by atoms with Crippen LogP contribution in [0, 0.1) is 11.3 Å². The molecular formula is C16H11BrN2O3S. The van der Waals surface area contributed by atoms with Crippen LogP contribution in [0.5, 0.6) is 11.5 Å². The minimum Gasteiger partial charge on any atom is -0.486 e. The van der Waals surface area contributed by atoms with E-state index >= 15 is 0 Å². The highest BCUT2D eigenvalue weighted by Gasteiger charge is 2.14. The van der Waals surface area contributed by atoms with Crippen molar-refractivity contribution in [3.05, 3.63) is 44.6 Å². The highest BCUT2D eigenvalue weighted by atomic mass is 79.9. The Kier molecular flexibility index (Phi) is 4.65. The molecule has 1 aromatic carbocycles. The van der Waals surface area contributed by atoms with E-state index in [-0.39, 0.29) is 5.57 Å². The molecule has 3 rings (SSSR count). The number of rotatable bonds is 3. The minimum atomic E-state index is -0.464. The number of fused-ring (bicyclic) bond motifs is 1. The van der Waals surface area contributed by atoms with Gasteiger partial charge in [0, 0.05) is 16.6 Å². The van der Waals surface area contributed by atoms with E-state index in [2.05, 4.69) is 21.2 Å². The SMILES string of the molecule is N#CC(=Cc1ccc(Br)s1)C(=O)Nc1ccc2c(c1)OCCO2. The number of thiophene rings is 1. The Balaban J connectivity index is 1.77. The molecule has 1 aliphatic heterocycles. The number of nitrogens with one attached hydrogen (secondary N) is 1. The summed E-state index contributed by atoms with van der Waals surface area (Å²) in [5.74, 6) is 0.765. The van der Waals surface area contributed by atoms with Crippen LogP contribution in [-0.2, 0) is 4.79 Å². The molecule has 2 heterocycles. The standard InChI is InChI=1S/C16H11BrN2O3S/c17-15-4-2-12(23-15)7-10(9-18)16(20)19-11-1-3-13-14(8-11)22-6-5-21-13/h1-4,7-8H,5-6H2,(H,19,20). The van der Waals surface area contributed by atoms with Gasteiger partial charge in [0.25, 0.3) is 5.91 Å². The van der Waals surface area contributed by atoms with E-state index in [0.29, 0.717) is 30.4 Å². The lowest BCUT2D eigenvalue weighted by Crippen LogP contribution is -2.17. The van der Waals surface area contributed by atoms with Gasteiger partial charge in [-0.15, -0.1) is 11.3 Å². The fourth-order valence-electron chi connectivity index (χ4n) is 2.02. The van der Waals surface area contributed by atoms with E-state index in [1.807, 2.05) is 18.2 Å². The quantitative estimate of drug-likeness (QED) is 0.638. The minimum absolute atomic E-state index is 0.0363. The zero-order chi connectivity index (χ0) is 16.2. The summed E-state index contributed by atoms with van der Waals surface area (Å²) in [6, 6.07) is 10.8. The lowest BCUT2D eigenvalue weighted by Gasteiger charge is -2.18. The Bertz CT molecular complexity index is 823. The summed E-state index contributed by atoms with van der Waals surface area (Å²) in [5, 5.41) is 11.9. The van der Waals surface area contributed by atoms with Crippen molar-refractivity contribution in [2.75, 3.05) is 18.5 Å². The molecule has 0 spiro atoms. The Labute approximate surface area is 145 Å². The summed E-state index contributed by atoms with van der Waals surface area (Å²) in [6.45, 7) is 0.984. The van der Waals surface area contributed by atoms with Crippen LogP contribution in [0.3, 0.4) is 0 Å². The van der Waals surface area contributed by atoms with E-state index in [1.54, 1.807) is 24.3 Å². The second kappa shape index (κ2) is 6.86. The van der Waals surface area contributed by atoms with E-state index in [0.717, 1.165) is 8.66 Å². The van der Waals surface area contributed by atoms with Gasteiger partial charge in [-0.25, -0.2) is 0 Å². The van der Waals surface area contributed by atoms with E-state index in [4.69, 9.17) is 9.47 Å². The number of carbonyl (C=O) groups is 1. The molecule has 0 bridgehead atoms.